The van der Waals surface area contributed by atoms with Crippen molar-refractivity contribution in [3.05, 3.63) is 96.2 Å². The molecule has 0 spiro atoms. The second-order valence-electron chi connectivity index (χ2n) is 8.31. The van der Waals surface area contributed by atoms with Crippen LogP contribution < -0.4 is 9.47 Å². The molecule has 0 fully saturated rings. The average Bonchev–Trinajstić information content (AvgIpc) is 3.55. The highest BCUT2D eigenvalue weighted by Crippen LogP contribution is 2.39. The molecule has 1 atom stereocenters. The van der Waals surface area contributed by atoms with Crippen LogP contribution in [0.3, 0.4) is 0 Å². The van der Waals surface area contributed by atoms with E-state index in [4.69, 9.17) is 19.7 Å². The third-order valence-electron chi connectivity index (χ3n) is 6.09. The van der Waals surface area contributed by atoms with Crippen LogP contribution in [0.5, 0.6) is 11.5 Å². The quantitative estimate of drug-likeness (QED) is 0.389. The lowest BCUT2D eigenvalue weighted by molar-refractivity contribution is -0.130. The molecular formula is C28H26N4O3. The Bertz CT molecular complexity index is 1360. The van der Waals surface area contributed by atoms with Crippen LogP contribution >= 0.6 is 0 Å². The molecule has 0 N–H and O–H groups in total. The summed E-state index contributed by atoms with van der Waals surface area (Å²) >= 11 is 0. The van der Waals surface area contributed by atoms with Gasteiger partial charge >= 0.3 is 0 Å². The van der Waals surface area contributed by atoms with Crippen LogP contribution in [-0.4, -0.2) is 40.6 Å². The van der Waals surface area contributed by atoms with Gasteiger partial charge in [0.05, 0.1) is 37.4 Å². The van der Waals surface area contributed by atoms with E-state index in [-0.39, 0.29) is 11.9 Å². The van der Waals surface area contributed by atoms with Gasteiger partial charge in [-0.25, -0.2) is 9.69 Å². The molecule has 1 amide bonds. The van der Waals surface area contributed by atoms with Crippen molar-refractivity contribution in [3.63, 3.8) is 0 Å². The molecule has 176 valence electrons. The first kappa shape index (κ1) is 22.4. The van der Waals surface area contributed by atoms with Gasteiger partial charge in [0.25, 0.3) is 0 Å². The van der Waals surface area contributed by atoms with Crippen molar-refractivity contribution in [1.29, 1.82) is 0 Å². The molecule has 0 saturated carbocycles. The van der Waals surface area contributed by atoms with Crippen LogP contribution in [0, 0.1) is 0 Å². The minimum Gasteiger partial charge on any atom is -0.497 e. The Balaban J connectivity index is 1.60. The first-order valence-electron chi connectivity index (χ1n) is 11.4. The first-order valence-corrected chi connectivity index (χ1v) is 11.4. The van der Waals surface area contributed by atoms with Gasteiger partial charge in [-0.1, -0.05) is 48.5 Å². The number of methoxy groups -OCH3 is 2. The standard InChI is InChI=1S/C28H26N4O3/c1-19(33)32-27(17-26(29-32)21-14-23(34-2)16-24(15-21)35-3)25-18-31(22-12-8-5-9-13-22)30-28(25)20-10-6-4-7-11-20/h4-16,18,27H,17H2,1-3H3/t27-/m0/s1. The van der Waals surface area contributed by atoms with Crippen molar-refractivity contribution in [2.75, 3.05) is 14.2 Å². The number of rotatable bonds is 6. The SMILES string of the molecule is COc1cc(OC)cc(C2=NN(C(C)=O)[C@H](c3cn(-c4ccccc4)nc3-c3ccccc3)C2)c1. The Hall–Kier alpha value is -4.39. The lowest BCUT2D eigenvalue weighted by atomic mass is 9.96. The normalized spacial score (nSPS) is 15.1. The van der Waals surface area contributed by atoms with Gasteiger partial charge in [0, 0.05) is 42.3 Å². The van der Waals surface area contributed by atoms with E-state index in [1.165, 1.54) is 6.92 Å². The summed E-state index contributed by atoms with van der Waals surface area (Å²) in [5, 5.41) is 11.2. The molecule has 1 aliphatic rings. The maximum absolute atomic E-state index is 12.7. The molecule has 0 unspecified atom stereocenters. The van der Waals surface area contributed by atoms with Crippen molar-refractivity contribution >= 4 is 11.6 Å². The lowest BCUT2D eigenvalue weighted by Crippen LogP contribution is -2.24. The maximum atomic E-state index is 12.7. The van der Waals surface area contributed by atoms with Crippen molar-refractivity contribution in [3.8, 4) is 28.4 Å². The number of carbonyl (C=O) groups excluding carboxylic acids is 1. The fraction of sp³-hybridized carbons (Fsp3) is 0.179. The van der Waals surface area contributed by atoms with E-state index in [1.54, 1.807) is 19.2 Å². The van der Waals surface area contributed by atoms with Gasteiger partial charge in [-0.05, 0) is 24.3 Å². The number of aromatic nitrogens is 2. The number of para-hydroxylation sites is 1. The molecule has 1 aliphatic heterocycles. The van der Waals surface area contributed by atoms with E-state index < -0.39 is 0 Å². The lowest BCUT2D eigenvalue weighted by Gasteiger charge is -2.20. The summed E-state index contributed by atoms with van der Waals surface area (Å²) in [4.78, 5) is 12.7. The zero-order chi connectivity index (χ0) is 24.4. The van der Waals surface area contributed by atoms with Crippen LogP contribution in [0.25, 0.3) is 16.9 Å². The summed E-state index contributed by atoms with van der Waals surface area (Å²) in [6.07, 6.45) is 2.54. The highest BCUT2D eigenvalue weighted by atomic mass is 16.5. The first-order chi connectivity index (χ1) is 17.1. The van der Waals surface area contributed by atoms with Gasteiger partial charge in [-0.15, -0.1) is 0 Å². The molecule has 35 heavy (non-hydrogen) atoms. The summed E-state index contributed by atoms with van der Waals surface area (Å²) in [5.41, 5.74) is 5.33. The second kappa shape index (κ2) is 9.46. The summed E-state index contributed by atoms with van der Waals surface area (Å²) < 4.78 is 12.7. The Morgan fingerprint density at radius 1 is 0.886 bits per heavy atom. The number of hydrazone groups is 1. The molecule has 0 radical (unpaired) electrons. The Kier molecular flexibility index (Phi) is 6.06. The van der Waals surface area contributed by atoms with Crippen LogP contribution in [0.4, 0.5) is 0 Å². The number of benzene rings is 3. The Morgan fingerprint density at radius 2 is 1.51 bits per heavy atom. The Labute approximate surface area is 204 Å². The topological polar surface area (TPSA) is 69.0 Å². The van der Waals surface area contributed by atoms with Crippen LogP contribution in [-0.2, 0) is 4.79 Å². The minimum atomic E-state index is -0.299. The number of ether oxygens (including phenoxy) is 2. The van der Waals surface area contributed by atoms with Crippen molar-refractivity contribution in [2.24, 2.45) is 5.10 Å². The fourth-order valence-corrected chi connectivity index (χ4v) is 4.36. The molecule has 7 heteroatoms. The zero-order valence-corrected chi connectivity index (χ0v) is 19.9. The molecule has 0 aliphatic carbocycles. The molecule has 0 saturated heterocycles. The molecule has 5 rings (SSSR count). The van der Waals surface area contributed by atoms with E-state index >= 15 is 0 Å². The van der Waals surface area contributed by atoms with Gasteiger partial charge in [0.1, 0.15) is 11.5 Å². The largest absolute Gasteiger partial charge is 0.497 e. The maximum Gasteiger partial charge on any atom is 0.240 e. The predicted octanol–water partition coefficient (Wildman–Crippen LogP) is 5.25. The van der Waals surface area contributed by atoms with E-state index in [2.05, 4.69) is 0 Å². The van der Waals surface area contributed by atoms with Crippen LogP contribution in [0.2, 0.25) is 0 Å². The van der Waals surface area contributed by atoms with Crippen molar-refractivity contribution in [2.45, 2.75) is 19.4 Å². The van der Waals surface area contributed by atoms with Crippen molar-refractivity contribution < 1.29 is 14.3 Å². The Morgan fingerprint density at radius 3 is 2.11 bits per heavy atom. The summed E-state index contributed by atoms with van der Waals surface area (Å²) in [6.45, 7) is 1.54. The van der Waals surface area contributed by atoms with E-state index in [0.717, 1.165) is 33.8 Å². The monoisotopic (exact) mass is 466 g/mol. The fourth-order valence-electron chi connectivity index (χ4n) is 4.36. The predicted molar refractivity (Wildman–Crippen MR) is 135 cm³/mol. The van der Waals surface area contributed by atoms with Crippen LogP contribution in [0.1, 0.15) is 30.5 Å². The van der Waals surface area contributed by atoms with Crippen molar-refractivity contribution in [1.82, 2.24) is 14.8 Å². The molecule has 4 aromatic rings. The van der Waals surface area contributed by atoms with Crippen LogP contribution in [0.15, 0.2) is 90.2 Å². The molecule has 3 aromatic carbocycles. The van der Waals surface area contributed by atoms with E-state index in [1.807, 2.05) is 89.7 Å². The van der Waals surface area contributed by atoms with Gasteiger partial charge in [0.2, 0.25) is 5.91 Å². The third kappa shape index (κ3) is 4.40. The second-order valence-corrected chi connectivity index (χ2v) is 8.31. The summed E-state index contributed by atoms with van der Waals surface area (Å²) in [5.74, 6) is 1.20. The highest BCUT2D eigenvalue weighted by Gasteiger charge is 2.35. The van der Waals surface area contributed by atoms with Gasteiger partial charge < -0.3 is 9.47 Å². The van der Waals surface area contributed by atoms with E-state index in [0.29, 0.717) is 17.9 Å². The smallest absolute Gasteiger partial charge is 0.240 e. The molecular weight excluding hydrogens is 440 g/mol. The minimum absolute atomic E-state index is 0.133. The zero-order valence-electron chi connectivity index (χ0n) is 19.9. The molecule has 2 heterocycles. The van der Waals surface area contributed by atoms with Gasteiger partial charge in [-0.2, -0.15) is 10.2 Å². The molecule has 0 bridgehead atoms. The van der Waals surface area contributed by atoms with Gasteiger partial charge in [-0.3, -0.25) is 4.79 Å². The summed E-state index contributed by atoms with van der Waals surface area (Å²) in [6, 6.07) is 25.3. The number of carbonyl (C=O) groups is 1. The number of amides is 1. The number of nitrogens with zero attached hydrogens (tertiary/aromatic N) is 4. The van der Waals surface area contributed by atoms with Gasteiger partial charge in [0.15, 0.2) is 0 Å². The number of hydrogen-bond acceptors (Lipinski definition) is 5. The molecule has 7 nitrogen and oxygen atoms in total. The molecule has 1 aromatic heterocycles. The third-order valence-corrected chi connectivity index (χ3v) is 6.09. The highest BCUT2D eigenvalue weighted by molar-refractivity contribution is 6.03. The average molecular weight is 467 g/mol. The number of hydrogen-bond donors (Lipinski definition) is 0. The van der Waals surface area contributed by atoms with E-state index in [9.17, 15) is 4.79 Å². The summed E-state index contributed by atoms with van der Waals surface area (Å²) in [7, 11) is 3.23.